The molecule has 0 aromatic rings. The lowest BCUT2D eigenvalue weighted by molar-refractivity contribution is -0.158. The van der Waals surface area contributed by atoms with Crippen LogP contribution in [-0.4, -0.2) is 24.7 Å². The summed E-state index contributed by atoms with van der Waals surface area (Å²) in [6.45, 7) is 10.2. The predicted molar refractivity (Wildman–Crippen MR) is 81.2 cm³/mol. The minimum atomic E-state index is -0.536. The van der Waals surface area contributed by atoms with Gasteiger partial charge in [-0.25, -0.2) is 0 Å². The van der Waals surface area contributed by atoms with E-state index in [1.807, 2.05) is 27.8 Å². The van der Waals surface area contributed by atoms with E-state index in [2.05, 4.69) is 19.2 Å². The van der Waals surface area contributed by atoms with Gasteiger partial charge in [0.05, 0.1) is 0 Å². The van der Waals surface area contributed by atoms with E-state index in [0.717, 1.165) is 19.3 Å². The number of rotatable bonds is 5. The van der Waals surface area contributed by atoms with Crippen LogP contribution in [0.3, 0.4) is 0 Å². The van der Waals surface area contributed by atoms with Crippen LogP contribution in [0.2, 0.25) is 0 Å². The lowest BCUT2D eigenvalue weighted by Crippen LogP contribution is -2.50. The molecule has 0 aromatic carbocycles. The highest BCUT2D eigenvalue weighted by atomic mass is 16.5. The number of nitrogens with one attached hydrogen (secondary N) is 1. The van der Waals surface area contributed by atoms with Gasteiger partial charge in [-0.2, -0.15) is 0 Å². The summed E-state index contributed by atoms with van der Waals surface area (Å²) in [5, 5.41) is 3.12. The van der Waals surface area contributed by atoms with Crippen molar-refractivity contribution in [1.29, 1.82) is 0 Å². The van der Waals surface area contributed by atoms with Gasteiger partial charge in [0.2, 0.25) is 0 Å². The zero-order valence-electron chi connectivity index (χ0n) is 13.7. The van der Waals surface area contributed by atoms with E-state index in [-0.39, 0.29) is 12.1 Å². The lowest BCUT2D eigenvalue weighted by Gasteiger charge is -2.32. The summed E-state index contributed by atoms with van der Waals surface area (Å²) in [6.07, 6.45) is 6.70. The first kappa shape index (κ1) is 18.4. The number of carbonyl (C=O) groups is 1. The molecule has 1 unspecified atom stereocenters. The molecule has 1 atom stereocenters. The van der Waals surface area contributed by atoms with Crippen LogP contribution in [0.25, 0.3) is 0 Å². The van der Waals surface area contributed by atoms with Crippen molar-refractivity contribution in [3.05, 3.63) is 0 Å². The molecular formula is C16H33NO2. The Balaban J connectivity index is 0.00000154. The third kappa shape index (κ3) is 6.42. The van der Waals surface area contributed by atoms with Crippen LogP contribution in [0.5, 0.6) is 0 Å². The van der Waals surface area contributed by atoms with Crippen molar-refractivity contribution < 1.29 is 9.53 Å². The van der Waals surface area contributed by atoms with Crippen LogP contribution in [-0.2, 0) is 9.53 Å². The van der Waals surface area contributed by atoms with Crippen LogP contribution < -0.4 is 5.32 Å². The molecule has 1 N–H and O–H groups in total. The quantitative estimate of drug-likeness (QED) is 0.770. The first-order valence-electron chi connectivity index (χ1n) is 7.88. The van der Waals surface area contributed by atoms with E-state index >= 15 is 0 Å². The van der Waals surface area contributed by atoms with Gasteiger partial charge in [-0.3, -0.25) is 4.79 Å². The van der Waals surface area contributed by atoms with Crippen molar-refractivity contribution in [2.24, 2.45) is 5.92 Å². The Morgan fingerprint density at radius 3 is 2.21 bits per heavy atom. The molecule has 0 heterocycles. The van der Waals surface area contributed by atoms with Crippen LogP contribution >= 0.6 is 0 Å². The Morgan fingerprint density at radius 2 is 1.79 bits per heavy atom. The lowest BCUT2D eigenvalue weighted by atomic mass is 9.90. The van der Waals surface area contributed by atoms with Crippen molar-refractivity contribution in [2.45, 2.75) is 84.8 Å². The molecule has 1 rings (SSSR count). The number of hydrogen-bond acceptors (Lipinski definition) is 3. The minimum absolute atomic E-state index is 0.0828. The van der Waals surface area contributed by atoms with E-state index in [1.165, 1.54) is 19.3 Å². The van der Waals surface area contributed by atoms with Gasteiger partial charge in [-0.1, -0.05) is 34.1 Å². The minimum Gasteiger partial charge on any atom is -0.461 e. The summed E-state index contributed by atoms with van der Waals surface area (Å²) in [7, 11) is 1.84. The molecule has 1 fully saturated rings. The van der Waals surface area contributed by atoms with E-state index in [4.69, 9.17) is 4.74 Å². The van der Waals surface area contributed by atoms with E-state index in [1.54, 1.807) is 0 Å². The molecule has 1 saturated carbocycles. The molecule has 0 amide bonds. The second-order valence-corrected chi connectivity index (χ2v) is 5.85. The highest BCUT2D eigenvalue weighted by molar-refractivity contribution is 5.80. The van der Waals surface area contributed by atoms with E-state index in [9.17, 15) is 4.79 Å². The van der Waals surface area contributed by atoms with Gasteiger partial charge in [-0.05, 0) is 52.0 Å². The van der Waals surface area contributed by atoms with Gasteiger partial charge < -0.3 is 10.1 Å². The molecular weight excluding hydrogens is 238 g/mol. The summed E-state index contributed by atoms with van der Waals surface area (Å²) in [5.41, 5.74) is -0.536. The van der Waals surface area contributed by atoms with E-state index in [0.29, 0.717) is 5.92 Å². The predicted octanol–water partition coefficient (Wildman–Crippen LogP) is 3.91. The van der Waals surface area contributed by atoms with Crippen molar-refractivity contribution in [1.82, 2.24) is 5.32 Å². The van der Waals surface area contributed by atoms with Crippen molar-refractivity contribution in [3.63, 3.8) is 0 Å². The second kappa shape index (κ2) is 9.35. The van der Waals surface area contributed by atoms with Crippen LogP contribution in [0.1, 0.15) is 73.1 Å². The van der Waals surface area contributed by atoms with Gasteiger partial charge >= 0.3 is 5.97 Å². The largest absolute Gasteiger partial charge is 0.461 e. The molecule has 3 nitrogen and oxygen atoms in total. The SMILES string of the molecule is CC.CNC(C)(CC(C)C)C(=O)OC1CCCCC1. The molecule has 0 aromatic heterocycles. The highest BCUT2D eigenvalue weighted by Crippen LogP contribution is 2.24. The summed E-state index contributed by atoms with van der Waals surface area (Å²) in [6, 6.07) is 0. The zero-order valence-corrected chi connectivity index (χ0v) is 13.7. The molecule has 3 heteroatoms. The van der Waals surface area contributed by atoms with Gasteiger partial charge in [0.1, 0.15) is 11.6 Å². The summed E-state index contributed by atoms with van der Waals surface area (Å²) in [4.78, 5) is 12.2. The standard InChI is InChI=1S/C14H27NO2.C2H6/c1-11(2)10-14(3,15-4)13(16)17-12-8-6-5-7-9-12;1-2/h11-12,15H,5-10H2,1-4H3;1-2H3. The van der Waals surface area contributed by atoms with Gasteiger partial charge in [0, 0.05) is 0 Å². The van der Waals surface area contributed by atoms with Gasteiger partial charge in [0.15, 0.2) is 0 Å². The van der Waals surface area contributed by atoms with Crippen molar-refractivity contribution in [3.8, 4) is 0 Å². The normalized spacial score (nSPS) is 19.3. The fourth-order valence-corrected chi connectivity index (χ4v) is 2.57. The topological polar surface area (TPSA) is 38.3 Å². The molecule has 114 valence electrons. The number of hydrogen-bond donors (Lipinski definition) is 1. The molecule has 0 saturated heterocycles. The maximum Gasteiger partial charge on any atom is 0.326 e. The Labute approximate surface area is 119 Å². The summed E-state index contributed by atoms with van der Waals surface area (Å²) >= 11 is 0. The average Bonchev–Trinajstić information content (AvgIpc) is 2.41. The number of ether oxygens (including phenoxy) is 1. The van der Waals surface area contributed by atoms with E-state index < -0.39 is 5.54 Å². The fourth-order valence-electron chi connectivity index (χ4n) is 2.57. The van der Waals surface area contributed by atoms with Crippen molar-refractivity contribution >= 4 is 5.97 Å². The zero-order chi connectivity index (χ0) is 14.9. The highest BCUT2D eigenvalue weighted by Gasteiger charge is 2.35. The van der Waals surface area contributed by atoms with Crippen LogP contribution in [0.15, 0.2) is 0 Å². The number of esters is 1. The fraction of sp³-hybridized carbons (Fsp3) is 0.938. The first-order chi connectivity index (χ1) is 8.98. The number of likely N-dealkylation sites (N-methyl/N-ethyl adjacent to an activating group) is 1. The summed E-state index contributed by atoms with van der Waals surface area (Å²) < 4.78 is 5.65. The summed E-state index contributed by atoms with van der Waals surface area (Å²) in [5.74, 6) is 0.395. The monoisotopic (exact) mass is 271 g/mol. The van der Waals surface area contributed by atoms with Gasteiger partial charge in [0.25, 0.3) is 0 Å². The van der Waals surface area contributed by atoms with Gasteiger partial charge in [-0.15, -0.1) is 0 Å². The molecule has 19 heavy (non-hydrogen) atoms. The third-order valence-electron chi connectivity index (χ3n) is 3.64. The van der Waals surface area contributed by atoms with Crippen LogP contribution in [0, 0.1) is 5.92 Å². The average molecular weight is 271 g/mol. The maximum absolute atomic E-state index is 12.2. The Morgan fingerprint density at radius 1 is 1.26 bits per heavy atom. The molecule has 0 bridgehead atoms. The molecule has 0 spiro atoms. The van der Waals surface area contributed by atoms with Crippen LogP contribution in [0.4, 0.5) is 0 Å². The Hall–Kier alpha value is -0.570. The second-order valence-electron chi connectivity index (χ2n) is 5.85. The number of carbonyl (C=O) groups excluding carboxylic acids is 1. The molecule has 0 radical (unpaired) electrons. The van der Waals surface area contributed by atoms with Crippen molar-refractivity contribution in [2.75, 3.05) is 7.05 Å². The molecule has 0 aliphatic heterocycles. The molecule has 1 aliphatic rings. The smallest absolute Gasteiger partial charge is 0.326 e. The Kier molecular flexibility index (Phi) is 9.07. The molecule has 1 aliphatic carbocycles. The Bertz CT molecular complexity index is 247. The first-order valence-corrected chi connectivity index (χ1v) is 7.88. The third-order valence-corrected chi connectivity index (χ3v) is 3.64. The maximum atomic E-state index is 12.2.